The van der Waals surface area contributed by atoms with E-state index in [0.717, 1.165) is 5.39 Å². The first-order chi connectivity index (χ1) is 12.6. The molecule has 134 valence electrons. The largest absolute Gasteiger partial charge is 0.467 e. The van der Waals surface area contributed by atoms with E-state index in [0.29, 0.717) is 47.1 Å². The van der Waals surface area contributed by atoms with Crippen LogP contribution in [0.2, 0.25) is 5.02 Å². The highest BCUT2D eigenvalue weighted by Gasteiger charge is 2.17. The quantitative estimate of drug-likeness (QED) is 0.747. The summed E-state index contributed by atoms with van der Waals surface area (Å²) in [7, 11) is 0. The van der Waals surface area contributed by atoms with Gasteiger partial charge in [0.15, 0.2) is 12.6 Å². The molecule has 0 fully saturated rings. The summed E-state index contributed by atoms with van der Waals surface area (Å²) in [5.74, 6) is 0.138. The third kappa shape index (κ3) is 3.38. The lowest BCUT2D eigenvalue weighted by atomic mass is 10.1. The van der Waals surface area contributed by atoms with Crippen LogP contribution < -0.4 is 10.1 Å². The Balaban J connectivity index is 1.44. The number of ether oxygens (including phenoxy) is 2. The zero-order chi connectivity index (χ0) is 18.1. The summed E-state index contributed by atoms with van der Waals surface area (Å²) in [6.07, 6.45) is 0.428. The highest BCUT2D eigenvalue weighted by Crippen LogP contribution is 2.29. The van der Waals surface area contributed by atoms with Crippen LogP contribution in [0, 0.1) is 5.82 Å². The first-order valence-electron chi connectivity index (χ1n) is 8.09. The molecule has 0 atom stereocenters. The van der Waals surface area contributed by atoms with Crippen LogP contribution in [-0.4, -0.2) is 19.2 Å². The molecular formula is C19H15ClFNO4. The van der Waals surface area contributed by atoms with E-state index in [9.17, 15) is 9.18 Å². The normalized spacial score (nSPS) is 13.3. The summed E-state index contributed by atoms with van der Waals surface area (Å²) in [4.78, 5) is 12.3. The van der Waals surface area contributed by atoms with Gasteiger partial charge < -0.3 is 19.2 Å². The smallest absolute Gasteiger partial charge is 0.287 e. The molecule has 0 radical (unpaired) electrons. The molecule has 0 aliphatic carbocycles. The molecule has 2 heterocycles. The summed E-state index contributed by atoms with van der Waals surface area (Å²) in [6, 6.07) is 9.60. The molecule has 2 aromatic carbocycles. The Morgan fingerprint density at radius 2 is 2.12 bits per heavy atom. The molecule has 26 heavy (non-hydrogen) atoms. The van der Waals surface area contributed by atoms with Gasteiger partial charge in [0, 0.05) is 22.5 Å². The molecule has 1 amide bonds. The average Bonchev–Trinajstić information content (AvgIpc) is 3.04. The van der Waals surface area contributed by atoms with Gasteiger partial charge in [0.2, 0.25) is 0 Å². The zero-order valence-electron chi connectivity index (χ0n) is 13.7. The Morgan fingerprint density at radius 3 is 3.00 bits per heavy atom. The molecular weight excluding hydrogens is 361 g/mol. The maximum Gasteiger partial charge on any atom is 0.287 e. The van der Waals surface area contributed by atoms with Gasteiger partial charge in [0.25, 0.3) is 5.91 Å². The minimum atomic E-state index is -0.353. The van der Waals surface area contributed by atoms with Gasteiger partial charge in [0.1, 0.15) is 17.1 Å². The number of benzene rings is 2. The van der Waals surface area contributed by atoms with E-state index in [-0.39, 0.29) is 24.3 Å². The standard InChI is InChI=1S/C19H15ClFNO4/c20-14-1-2-16-12(5-14)8-17(26-16)19(23)22-4-3-11-6-15(21)7-13-9-24-10-25-18(11)13/h1-2,5-8H,3-4,9-10H2,(H,22,23). The first kappa shape index (κ1) is 16.9. The van der Waals surface area contributed by atoms with Crippen LogP contribution in [-0.2, 0) is 17.8 Å². The lowest BCUT2D eigenvalue weighted by molar-refractivity contribution is -0.0172. The molecule has 0 saturated heterocycles. The number of nitrogens with one attached hydrogen (secondary N) is 1. The van der Waals surface area contributed by atoms with E-state index >= 15 is 0 Å². The van der Waals surface area contributed by atoms with Crippen molar-refractivity contribution in [2.75, 3.05) is 13.3 Å². The third-order valence-corrected chi connectivity index (χ3v) is 4.37. The molecule has 0 spiro atoms. The summed E-state index contributed by atoms with van der Waals surface area (Å²) >= 11 is 5.94. The van der Waals surface area contributed by atoms with Crippen molar-refractivity contribution in [3.8, 4) is 5.75 Å². The van der Waals surface area contributed by atoms with Gasteiger partial charge in [0.05, 0.1) is 6.61 Å². The second-order valence-corrected chi connectivity index (χ2v) is 6.40. The number of hydrogen-bond acceptors (Lipinski definition) is 4. The van der Waals surface area contributed by atoms with Crippen LogP contribution >= 0.6 is 11.6 Å². The molecule has 0 saturated carbocycles. The van der Waals surface area contributed by atoms with Gasteiger partial charge in [-0.05, 0) is 48.4 Å². The van der Waals surface area contributed by atoms with E-state index in [2.05, 4.69) is 5.32 Å². The average molecular weight is 376 g/mol. The lowest BCUT2D eigenvalue weighted by Gasteiger charge is -2.20. The fourth-order valence-electron chi connectivity index (χ4n) is 2.97. The summed E-state index contributed by atoms with van der Waals surface area (Å²) < 4.78 is 29.9. The number of amides is 1. The van der Waals surface area contributed by atoms with Crippen molar-refractivity contribution in [1.82, 2.24) is 5.32 Å². The Hall–Kier alpha value is -2.57. The molecule has 1 N–H and O–H groups in total. The second-order valence-electron chi connectivity index (χ2n) is 5.96. The predicted molar refractivity (Wildman–Crippen MR) is 93.9 cm³/mol. The Bertz CT molecular complexity index is 985. The van der Waals surface area contributed by atoms with Crippen molar-refractivity contribution in [2.45, 2.75) is 13.0 Å². The fourth-order valence-corrected chi connectivity index (χ4v) is 3.15. The second kappa shape index (κ2) is 6.97. The Labute approximate surface area is 153 Å². The van der Waals surface area contributed by atoms with Crippen molar-refractivity contribution in [1.29, 1.82) is 0 Å². The van der Waals surface area contributed by atoms with E-state index in [1.54, 1.807) is 24.3 Å². The lowest BCUT2D eigenvalue weighted by Crippen LogP contribution is -2.25. The fraction of sp³-hybridized carbons (Fsp3) is 0.211. The zero-order valence-corrected chi connectivity index (χ0v) is 14.4. The minimum absolute atomic E-state index is 0.138. The molecule has 1 aromatic heterocycles. The van der Waals surface area contributed by atoms with Crippen LogP contribution in [0.3, 0.4) is 0 Å². The van der Waals surface area contributed by atoms with Crippen molar-refractivity contribution >= 4 is 28.5 Å². The number of fused-ring (bicyclic) bond motifs is 2. The van der Waals surface area contributed by atoms with E-state index in [4.69, 9.17) is 25.5 Å². The maximum absolute atomic E-state index is 13.7. The molecule has 5 nitrogen and oxygen atoms in total. The summed E-state index contributed by atoms with van der Waals surface area (Å²) in [6.45, 7) is 0.768. The number of furan rings is 1. The van der Waals surface area contributed by atoms with Gasteiger partial charge >= 0.3 is 0 Å². The van der Waals surface area contributed by atoms with E-state index in [1.165, 1.54) is 12.1 Å². The molecule has 0 unspecified atom stereocenters. The van der Waals surface area contributed by atoms with E-state index in [1.807, 2.05) is 0 Å². The van der Waals surface area contributed by atoms with Crippen LogP contribution in [0.1, 0.15) is 21.7 Å². The van der Waals surface area contributed by atoms with Gasteiger partial charge in [-0.1, -0.05) is 11.6 Å². The van der Waals surface area contributed by atoms with Crippen molar-refractivity contribution in [3.63, 3.8) is 0 Å². The van der Waals surface area contributed by atoms with Crippen LogP contribution in [0.4, 0.5) is 4.39 Å². The maximum atomic E-state index is 13.7. The van der Waals surface area contributed by atoms with Gasteiger partial charge in [-0.25, -0.2) is 4.39 Å². The third-order valence-electron chi connectivity index (χ3n) is 4.13. The summed E-state index contributed by atoms with van der Waals surface area (Å²) in [5, 5.41) is 4.11. The van der Waals surface area contributed by atoms with Crippen LogP contribution in [0.5, 0.6) is 5.75 Å². The molecule has 1 aliphatic rings. The Kier molecular flexibility index (Phi) is 4.53. The number of halogens is 2. The molecule has 7 heteroatoms. The van der Waals surface area contributed by atoms with E-state index < -0.39 is 0 Å². The molecule has 4 rings (SSSR count). The number of hydrogen-bond donors (Lipinski definition) is 1. The summed E-state index contributed by atoms with van der Waals surface area (Å²) in [5.41, 5.74) is 1.96. The first-order valence-corrected chi connectivity index (χ1v) is 8.47. The van der Waals surface area contributed by atoms with Crippen LogP contribution in [0.25, 0.3) is 11.0 Å². The SMILES string of the molecule is O=C(NCCc1cc(F)cc2c1OCOC2)c1cc2cc(Cl)ccc2o1. The van der Waals surface area contributed by atoms with Crippen molar-refractivity contribution < 1.29 is 23.1 Å². The highest BCUT2D eigenvalue weighted by molar-refractivity contribution is 6.31. The molecule has 1 aliphatic heterocycles. The Morgan fingerprint density at radius 1 is 1.23 bits per heavy atom. The van der Waals surface area contributed by atoms with Gasteiger partial charge in [-0.2, -0.15) is 0 Å². The predicted octanol–water partition coefficient (Wildman–Crippen LogP) is 4.06. The monoisotopic (exact) mass is 375 g/mol. The molecule has 0 bridgehead atoms. The van der Waals surface area contributed by atoms with Crippen LogP contribution in [0.15, 0.2) is 40.8 Å². The number of carbonyl (C=O) groups excluding carboxylic acids is 1. The minimum Gasteiger partial charge on any atom is -0.467 e. The van der Waals surface area contributed by atoms with Gasteiger partial charge in [-0.3, -0.25) is 4.79 Å². The molecule has 3 aromatic rings. The van der Waals surface area contributed by atoms with Crippen molar-refractivity contribution in [3.05, 3.63) is 64.1 Å². The number of rotatable bonds is 4. The topological polar surface area (TPSA) is 60.7 Å². The highest BCUT2D eigenvalue weighted by atomic mass is 35.5. The number of carbonyl (C=O) groups is 1. The van der Waals surface area contributed by atoms with Gasteiger partial charge in [-0.15, -0.1) is 0 Å². The van der Waals surface area contributed by atoms with Crippen molar-refractivity contribution in [2.24, 2.45) is 0 Å².